The fraction of sp³-hybridized carbons (Fsp3) is 0.200. The number of rotatable bonds is 10. The summed E-state index contributed by atoms with van der Waals surface area (Å²) in [4.78, 5) is 0. The average Bonchev–Trinajstić information content (AvgIpc) is 2.92. The van der Waals surface area contributed by atoms with Crippen LogP contribution in [0.4, 0.5) is 0 Å². The van der Waals surface area contributed by atoms with E-state index in [1.807, 2.05) is 135 Å². The molecule has 4 aromatic carbocycles. The zero-order valence-corrected chi connectivity index (χ0v) is 20.9. The number of hydrogen-bond acceptors (Lipinski definition) is 4. The highest BCUT2D eigenvalue weighted by molar-refractivity contribution is 7.54. The molecule has 0 amide bonds. The fourth-order valence-electron chi connectivity index (χ4n) is 3.95. The van der Waals surface area contributed by atoms with E-state index in [2.05, 4.69) is 0 Å². The monoisotopic (exact) mass is 486 g/mol. The molecule has 4 aromatic rings. The summed E-state index contributed by atoms with van der Waals surface area (Å²) in [5.74, 6) is -1.66. The minimum absolute atomic E-state index is 0.347. The average molecular weight is 487 g/mol. The van der Waals surface area contributed by atoms with Gasteiger partial charge in [-0.2, -0.15) is 0 Å². The Balaban J connectivity index is 1.79. The van der Waals surface area contributed by atoms with Crippen molar-refractivity contribution in [3.05, 3.63) is 144 Å². The standard InChI is InChI=1S/C30H31O4P/c1-23(2)30(31)35(32,33-28(24-15-7-3-8-16-24)25-17-9-4-10-18-25)34-29(26-19-11-5-12-20-26)27-21-13-6-14-22-27/h3-23,28-31H,1-2H3. The van der Waals surface area contributed by atoms with E-state index in [4.69, 9.17) is 9.05 Å². The first-order valence-electron chi connectivity index (χ1n) is 11.8. The van der Waals surface area contributed by atoms with E-state index in [9.17, 15) is 9.67 Å². The molecule has 35 heavy (non-hydrogen) atoms. The van der Waals surface area contributed by atoms with Gasteiger partial charge in [-0.05, 0) is 28.2 Å². The van der Waals surface area contributed by atoms with E-state index in [1.165, 1.54) is 0 Å². The first kappa shape index (κ1) is 25.1. The molecule has 0 radical (unpaired) electrons. The molecule has 0 bridgehead atoms. The van der Waals surface area contributed by atoms with Crippen LogP contribution in [0, 0.1) is 5.92 Å². The predicted molar refractivity (Wildman–Crippen MR) is 140 cm³/mol. The molecule has 1 unspecified atom stereocenters. The van der Waals surface area contributed by atoms with E-state index in [0.29, 0.717) is 0 Å². The minimum Gasteiger partial charge on any atom is -0.380 e. The molecule has 0 heterocycles. The van der Waals surface area contributed by atoms with Crippen LogP contribution in [-0.4, -0.2) is 11.0 Å². The lowest BCUT2D eigenvalue weighted by molar-refractivity contribution is 0.0863. The van der Waals surface area contributed by atoms with Crippen LogP contribution in [0.25, 0.3) is 0 Å². The van der Waals surface area contributed by atoms with Crippen LogP contribution in [0.5, 0.6) is 0 Å². The molecule has 5 heteroatoms. The van der Waals surface area contributed by atoms with Crippen LogP contribution in [0.2, 0.25) is 0 Å². The third kappa shape index (κ3) is 6.17. The van der Waals surface area contributed by atoms with E-state index >= 15 is 0 Å². The smallest absolute Gasteiger partial charge is 0.360 e. The van der Waals surface area contributed by atoms with Gasteiger partial charge in [-0.25, -0.2) is 0 Å². The van der Waals surface area contributed by atoms with Gasteiger partial charge in [0, 0.05) is 0 Å². The molecule has 0 spiro atoms. The molecule has 0 aliphatic heterocycles. The number of hydrogen-bond donors (Lipinski definition) is 1. The van der Waals surface area contributed by atoms with Crippen LogP contribution in [0.1, 0.15) is 48.3 Å². The Bertz CT molecular complexity index is 1050. The molecule has 0 aliphatic rings. The topological polar surface area (TPSA) is 55.8 Å². The number of aliphatic hydroxyl groups excluding tert-OH is 1. The third-order valence-corrected chi connectivity index (χ3v) is 8.09. The molecule has 0 fully saturated rings. The molecule has 4 nitrogen and oxygen atoms in total. The van der Waals surface area contributed by atoms with E-state index < -0.39 is 25.6 Å². The lowest BCUT2D eigenvalue weighted by Crippen LogP contribution is -2.22. The van der Waals surface area contributed by atoms with Gasteiger partial charge in [-0.3, -0.25) is 13.6 Å². The summed E-state index contributed by atoms with van der Waals surface area (Å²) in [5.41, 5.74) is 3.31. The van der Waals surface area contributed by atoms with Crippen molar-refractivity contribution in [2.45, 2.75) is 31.9 Å². The van der Waals surface area contributed by atoms with Crippen LogP contribution in [0.3, 0.4) is 0 Å². The van der Waals surface area contributed by atoms with Gasteiger partial charge in [0.25, 0.3) is 0 Å². The van der Waals surface area contributed by atoms with Gasteiger partial charge < -0.3 is 5.11 Å². The van der Waals surface area contributed by atoms with Crippen LogP contribution >= 0.6 is 7.60 Å². The zero-order valence-electron chi connectivity index (χ0n) is 20.0. The summed E-state index contributed by atoms with van der Waals surface area (Å²) in [6, 6.07) is 38.4. The van der Waals surface area contributed by atoms with E-state index in [1.54, 1.807) is 0 Å². The fourth-order valence-corrected chi connectivity index (χ4v) is 6.05. The van der Waals surface area contributed by atoms with Crippen molar-refractivity contribution in [2.75, 3.05) is 0 Å². The van der Waals surface area contributed by atoms with Crippen molar-refractivity contribution >= 4 is 7.60 Å². The molecule has 0 aliphatic carbocycles. The predicted octanol–water partition coefficient (Wildman–Crippen LogP) is 7.77. The molecule has 4 rings (SSSR count). The van der Waals surface area contributed by atoms with Crippen molar-refractivity contribution in [1.82, 2.24) is 0 Å². The Morgan fingerprint density at radius 2 is 0.800 bits per heavy atom. The van der Waals surface area contributed by atoms with Gasteiger partial charge in [0.2, 0.25) is 0 Å². The second kappa shape index (κ2) is 11.6. The van der Waals surface area contributed by atoms with E-state index in [0.717, 1.165) is 22.3 Å². The van der Waals surface area contributed by atoms with Crippen LogP contribution in [-0.2, 0) is 13.6 Å². The SMILES string of the molecule is CC(C)C(O)P(=O)(OC(c1ccccc1)c1ccccc1)OC(c1ccccc1)c1ccccc1. The summed E-state index contributed by atoms with van der Waals surface area (Å²) in [7, 11) is -4.09. The van der Waals surface area contributed by atoms with Gasteiger partial charge >= 0.3 is 7.60 Å². The Morgan fingerprint density at radius 1 is 0.543 bits per heavy atom. The highest BCUT2D eigenvalue weighted by Crippen LogP contribution is 2.61. The molecule has 0 aromatic heterocycles. The van der Waals surface area contributed by atoms with Crippen molar-refractivity contribution in [1.29, 1.82) is 0 Å². The minimum atomic E-state index is -4.09. The first-order chi connectivity index (χ1) is 17.0. The van der Waals surface area contributed by atoms with Gasteiger partial charge in [-0.15, -0.1) is 0 Å². The quantitative estimate of drug-likeness (QED) is 0.233. The maximum absolute atomic E-state index is 14.6. The Kier molecular flexibility index (Phi) is 8.33. The summed E-state index contributed by atoms with van der Waals surface area (Å²) in [6.07, 6.45) is -1.35. The number of aliphatic hydroxyl groups is 1. The summed E-state index contributed by atoms with van der Waals surface area (Å²) < 4.78 is 27.4. The molecule has 0 saturated heterocycles. The van der Waals surface area contributed by atoms with E-state index in [-0.39, 0.29) is 5.92 Å². The molecular formula is C30H31O4P. The zero-order chi connectivity index (χ0) is 24.7. The van der Waals surface area contributed by atoms with Crippen LogP contribution < -0.4 is 0 Å². The molecular weight excluding hydrogens is 455 g/mol. The highest BCUT2D eigenvalue weighted by atomic mass is 31.2. The lowest BCUT2D eigenvalue weighted by atomic mass is 10.0. The van der Waals surface area contributed by atoms with Gasteiger partial charge in [0.15, 0.2) is 5.85 Å². The Labute approximate surface area is 207 Å². The molecule has 0 saturated carbocycles. The van der Waals surface area contributed by atoms with Crippen molar-refractivity contribution < 1.29 is 18.7 Å². The normalized spacial score (nSPS) is 12.9. The second-order valence-corrected chi connectivity index (χ2v) is 10.8. The summed E-state index contributed by atoms with van der Waals surface area (Å²) in [5, 5.41) is 11.2. The number of benzene rings is 4. The highest BCUT2D eigenvalue weighted by Gasteiger charge is 2.42. The largest absolute Gasteiger partial charge is 0.380 e. The van der Waals surface area contributed by atoms with Crippen molar-refractivity contribution in [2.24, 2.45) is 5.92 Å². The van der Waals surface area contributed by atoms with Gasteiger partial charge in [0.1, 0.15) is 12.2 Å². The maximum atomic E-state index is 14.6. The van der Waals surface area contributed by atoms with Crippen molar-refractivity contribution in [3.63, 3.8) is 0 Å². The lowest BCUT2D eigenvalue weighted by Gasteiger charge is -2.33. The Hall–Kier alpha value is -3.01. The summed E-state index contributed by atoms with van der Waals surface area (Å²) >= 11 is 0. The molecule has 180 valence electrons. The van der Waals surface area contributed by atoms with Crippen LogP contribution in [0.15, 0.2) is 121 Å². The first-order valence-corrected chi connectivity index (χ1v) is 13.4. The third-order valence-electron chi connectivity index (χ3n) is 5.83. The second-order valence-electron chi connectivity index (χ2n) is 8.81. The van der Waals surface area contributed by atoms with Gasteiger partial charge in [0.05, 0.1) is 0 Å². The Morgan fingerprint density at radius 3 is 1.03 bits per heavy atom. The van der Waals surface area contributed by atoms with Gasteiger partial charge in [-0.1, -0.05) is 135 Å². The van der Waals surface area contributed by atoms with Crippen molar-refractivity contribution in [3.8, 4) is 0 Å². The molecule has 1 N–H and O–H groups in total. The molecule has 1 atom stereocenters. The maximum Gasteiger partial charge on any atom is 0.360 e. The summed E-state index contributed by atoms with van der Waals surface area (Å²) in [6.45, 7) is 3.62.